The zero-order valence-corrected chi connectivity index (χ0v) is 10.7. The summed E-state index contributed by atoms with van der Waals surface area (Å²) in [4.78, 5) is 0. The molecule has 0 nitrogen and oxygen atoms in total. The molecule has 38 valence electrons. The summed E-state index contributed by atoms with van der Waals surface area (Å²) in [5.74, 6) is 0. The Hall–Kier alpha value is 2.94. The normalized spacial score (nSPS) is 9.00. The Labute approximate surface area is 64.3 Å². The Bertz CT molecular complexity index is 21.5. The summed E-state index contributed by atoms with van der Waals surface area (Å²) >= 11 is 0.559. The molecule has 0 aliphatic carbocycles. The van der Waals surface area contributed by atoms with E-state index in [2.05, 4.69) is 31.7 Å². The van der Waals surface area contributed by atoms with Crippen LogP contribution in [0.15, 0.2) is 0 Å². The average molecular weight is 322 g/mol. The summed E-state index contributed by atoms with van der Waals surface area (Å²) in [5, 5.41) is 0. The van der Waals surface area contributed by atoms with Gasteiger partial charge in [-0.3, -0.25) is 0 Å². The topological polar surface area (TPSA) is 0 Å². The first kappa shape index (κ1) is 8.94. The van der Waals surface area contributed by atoms with Crippen molar-refractivity contribution in [1.29, 1.82) is 0 Å². The molecule has 0 aromatic rings. The van der Waals surface area contributed by atoms with Crippen LogP contribution in [0.3, 0.4) is 0 Å². The minimum atomic E-state index is 0.279. The SMILES string of the molecule is [PH2][Mo][S][S][Mo][PH2]. The van der Waals surface area contributed by atoms with Gasteiger partial charge in [0.1, 0.15) is 0 Å². The van der Waals surface area contributed by atoms with Crippen molar-refractivity contribution in [2.45, 2.75) is 0 Å². The molecule has 6 heteroatoms. The third-order valence-corrected chi connectivity index (χ3v) is 21.3. The zero-order valence-electron chi connectivity index (χ0n) is 2.79. The second-order valence-electron chi connectivity index (χ2n) is 0.329. The number of hydrogen-bond donors (Lipinski definition) is 0. The number of rotatable bonds is 3. The third-order valence-electron chi connectivity index (χ3n) is 0.106. The first-order valence-corrected chi connectivity index (χ1v) is 15.8. The minimum absolute atomic E-state index is 0.279. The van der Waals surface area contributed by atoms with E-state index in [1.807, 2.05) is 0 Å². The molecule has 0 N–H and O–H groups in total. The fraction of sp³-hybridized carbons (Fsp3) is 0. The van der Waals surface area contributed by atoms with Crippen molar-refractivity contribution in [3.63, 3.8) is 0 Å². The molecular formula is H4Mo2P2S2. The molecule has 2 atom stereocenters. The van der Waals surface area contributed by atoms with Crippen LogP contribution in [0.4, 0.5) is 0 Å². The monoisotopic (exact) mass is 326 g/mol. The third kappa shape index (κ3) is 6.94. The summed E-state index contributed by atoms with van der Waals surface area (Å²) in [6.45, 7) is 0. The average Bonchev–Trinajstić information content (AvgIpc) is 1.61. The molecule has 0 fully saturated rings. The maximum atomic E-state index is 2.81. The molecule has 0 aliphatic rings. The molecule has 0 saturated carbocycles. The van der Waals surface area contributed by atoms with Gasteiger partial charge in [-0.1, -0.05) is 0 Å². The van der Waals surface area contributed by atoms with E-state index in [1.165, 1.54) is 0 Å². The molecule has 0 aromatic heterocycles. The summed E-state index contributed by atoms with van der Waals surface area (Å²) in [5.41, 5.74) is 0. The van der Waals surface area contributed by atoms with E-state index in [1.54, 1.807) is 0 Å². The molecule has 0 saturated heterocycles. The van der Waals surface area contributed by atoms with Crippen LogP contribution in [0.2, 0.25) is 0 Å². The van der Waals surface area contributed by atoms with Gasteiger partial charge in [-0.25, -0.2) is 0 Å². The van der Waals surface area contributed by atoms with Gasteiger partial charge in [0.05, 0.1) is 0 Å². The van der Waals surface area contributed by atoms with Crippen molar-refractivity contribution in [2.75, 3.05) is 0 Å². The van der Waals surface area contributed by atoms with Crippen molar-refractivity contribution in [1.82, 2.24) is 0 Å². The van der Waals surface area contributed by atoms with Gasteiger partial charge in [0.2, 0.25) is 0 Å². The Balaban J connectivity index is 2.34. The molecular weight excluding hydrogens is 318 g/mol. The van der Waals surface area contributed by atoms with Gasteiger partial charge in [-0.05, 0) is 0 Å². The van der Waals surface area contributed by atoms with Crippen molar-refractivity contribution in [3.8, 4) is 0 Å². The molecule has 0 bridgehead atoms. The molecule has 0 aromatic carbocycles. The molecule has 2 unspecified atom stereocenters. The van der Waals surface area contributed by atoms with Gasteiger partial charge in [-0.2, -0.15) is 0 Å². The molecule has 6 heavy (non-hydrogen) atoms. The molecule has 0 aliphatic heterocycles. The van der Waals surface area contributed by atoms with Crippen LogP contribution in [0.1, 0.15) is 0 Å². The van der Waals surface area contributed by atoms with Crippen molar-refractivity contribution in [2.24, 2.45) is 0 Å². The quantitative estimate of drug-likeness (QED) is 0.337. The summed E-state index contributed by atoms with van der Waals surface area (Å²) in [6.07, 6.45) is 0. The van der Waals surface area contributed by atoms with E-state index >= 15 is 0 Å². The fourth-order valence-electron chi connectivity index (χ4n) is 0.0321. The molecule has 0 spiro atoms. The summed E-state index contributed by atoms with van der Waals surface area (Å²) in [7, 11) is 9.73. The van der Waals surface area contributed by atoms with Crippen LogP contribution in [0.5, 0.6) is 0 Å². The van der Waals surface area contributed by atoms with Gasteiger partial charge >= 0.3 is 65.2 Å². The fourth-order valence-corrected chi connectivity index (χ4v) is 30.3. The van der Waals surface area contributed by atoms with Crippen molar-refractivity contribution >= 4 is 31.7 Å². The maximum absolute atomic E-state index is 2.81. The standard InChI is InChI=1S/2Mo.2H2P.S2/c;;;;1-2/h;;2*1H2;/q2*+2;2*-1;-2. The van der Waals surface area contributed by atoms with Crippen LogP contribution >= 0.6 is 31.7 Å². The Morgan fingerprint density at radius 1 is 1.00 bits per heavy atom. The van der Waals surface area contributed by atoms with Gasteiger partial charge < -0.3 is 0 Å². The molecule has 0 rings (SSSR count). The van der Waals surface area contributed by atoms with Crippen LogP contribution in [-0.4, -0.2) is 0 Å². The zero-order chi connectivity index (χ0) is 4.83. The predicted molar refractivity (Wildman–Crippen MR) is 34.6 cm³/mol. The van der Waals surface area contributed by atoms with E-state index in [0.29, 0.717) is 0 Å². The second-order valence-corrected chi connectivity index (χ2v) is 17.5. The predicted octanol–water partition coefficient (Wildman–Crippen LogP) is 1.94. The van der Waals surface area contributed by atoms with E-state index in [-0.39, 0.29) is 33.6 Å². The first-order valence-electron chi connectivity index (χ1n) is 0.971. The number of hydrogen-bond acceptors (Lipinski definition) is 2. The van der Waals surface area contributed by atoms with Crippen LogP contribution in [0, 0.1) is 0 Å². The second kappa shape index (κ2) is 7.94. The Morgan fingerprint density at radius 2 is 1.33 bits per heavy atom. The van der Waals surface area contributed by atoms with Crippen LogP contribution < -0.4 is 0 Å². The summed E-state index contributed by atoms with van der Waals surface area (Å²) in [6, 6.07) is 0. The van der Waals surface area contributed by atoms with E-state index in [0.717, 1.165) is 0 Å². The molecule has 0 heterocycles. The van der Waals surface area contributed by atoms with Gasteiger partial charge in [0, 0.05) is 0 Å². The first-order chi connectivity index (χ1) is 2.91. The van der Waals surface area contributed by atoms with Crippen molar-refractivity contribution < 1.29 is 33.6 Å². The van der Waals surface area contributed by atoms with Gasteiger partial charge in [0.25, 0.3) is 0 Å². The molecule has 0 amide bonds. The van der Waals surface area contributed by atoms with Gasteiger partial charge in [0.15, 0.2) is 0 Å². The van der Waals surface area contributed by atoms with Crippen LogP contribution in [-0.2, 0) is 33.6 Å². The summed E-state index contributed by atoms with van der Waals surface area (Å²) < 4.78 is 0. The Kier molecular flexibility index (Phi) is 11.8. The van der Waals surface area contributed by atoms with E-state index in [9.17, 15) is 0 Å². The van der Waals surface area contributed by atoms with E-state index < -0.39 is 0 Å². The molecule has 0 radical (unpaired) electrons. The van der Waals surface area contributed by atoms with E-state index in [4.69, 9.17) is 0 Å². The van der Waals surface area contributed by atoms with Gasteiger partial charge in [-0.15, -0.1) is 0 Å². The van der Waals surface area contributed by atoms with Crippen molar-refractivity contribution in [3.05, 3.63) is 0 Å². The Morgan fingerprint density at radius 3 is 1.50 bits per heavy atom. The van der Waals surface area contributed by atoms with Crippen LogP contribution in [0.25, 0.3) is 0 Å².